The van der Waals surface area contributed by atoms with E-state index in [-0.39, 0.29) is 17.3 Å². The molecule has 138 valence electrons. The summed E-state index contributed by atoms with van der Waals surface area (Å²) >= 11 is 5.67. The maximum Gasteiger partial charge on any atom is 0.417 e. The third-order valence-corrected chi connectivity index (χ3v) is 3.54. The van der Waals surface area contributed by atoms with Crippen molar-refractivity contribution in [2.45, 2.75) is 19.0 Å². The Morgan fingerprint density at radius 2 is 1.88 bits per heavy atom. The minimum atomic E-state index is -4.59. The second-order valence-corrected chi connectivity index (χ2v) is 5.65. The lowest BCUT2D eigenvalue weighted by Crippen LogP contribution is -2.22. The number of hydrogen-bond donors (Lipinski definition) is 1. The van der Waals surface area contributed by atoms with E-state index < -0.39 is 30.2 Å². The average Bonchev–Trinajstić information content (AvgIpc) is 2.60. The van der Waals surface area contributed by atoms with Crippen molar-refractivity contribution in [1.29, 1.82) is 0 Å². The van der Waals surface area contributed by atoms with Gasteiger partial charge in [-0.3, -0.25) is 9.59 Å². The van der Waals surface area contributed by atoms with Crippen LogP contribution in [0.15, 0.2) is 42.6 Å². The molecule has 0 saturated heterocycles. The molecule has 1 heterocycles. The van der Waals surface area contributed by atoms with Crippen molar-refractivity contribution >= 4 is 29.3 Å². The van der Waals surface area contributed by atoms with Crippen LogP contribution in [-0.2, 0) is 26.9 Å². The van der Waals surface area contributed by atoms with Crippen molar-refractivity contribution in [3.05, 3.63) is 58.7 Å². The van der Waals surface area contributed by atoms with E-state index >= 15 is 0 Å². The molecule has 0 bridgehead atoms. The number of esters is 1. The third-order valence-electron chi connectivity index (χ3n) is 3.25. The van der Waals surface area contributed by atoms with Crippen molar-refractivity contribution < 1.29 is 27.5 Å². The molecule has 1 N–H and O–H groups in total. The molecule has 0 unspecified atom stereocenters. The Morgan fingerprint density at radius 1 is 1.19 bits per heavy atom. The number of halogens is 4. The van der Waals surface area contributed by atoms with E-state index in [0.29, 0.717) is 18.7 Å². The minimum absolute atomic E-state index is 0.0938. The van der Waals surface area contributed by atoms with Crippen LogP contribution in [0.4, 0.5) is 19.0 Å². The largest absolute Gasteiger partial charge is 0.456 e. The molecule has 0 atom stereocenters. The third kappa shape index (κ3) is 6.03. The number of nitrogens with one attached hydrogen (secondary N) is 1. The smallest absolute Gasteiger partial charge is 0.417 e. The first kappa shape index (κ1) is 19.7. The highest BCUT2D eigenvalue weighted by Crippen LogP contribution is 2.32. The van der Waals surface area contributed by atoms with Gasteiger partial charge in [0.05, 0.1) is 10.6 Å². The predicted molar refractivity (Wildman–Crippen MR) is 88.6 cm³/mol. The van der Waals surface area contributed by atoms with E-state index in [4.69, 9.17) is 16.3 Å². The van der Waals surface area contributed by atoms with Gasteiger partial charge in [-0.25, -0.2) is 4.98 Å². The summed E-state index contributed by atoms with van der Waals surface area (Å²) in [6.45, 7) is -0.591. The second-order valence-electron chi connectivity index (χ2n) is 5.25. The summed E-state index contributed by atoms with van der Waals surface area (Å²) in [7, 11) is 0. The molecule has 2 rings (SSSR count). The lowest BCUT2D eigenvalue weighted by molar-refractivity contribution is -0.147. The van der Waals surface area contributed by atoms with Gasteiger partial charge in [0.15, 0.2) is 12.4 Å². The van der Waals surface area contributed by atoms with Crippen LogP contribution in [0.1, 0.15) is 17.5 Å². The van der Waals surface area contributed by atoms with Gasteiger partial charge in [-0.15, -0.1) is 0 Å². The quantitative estimate of drug-likeness (QED) is 0.765. The van der Waals surface area contributed by atoms with Crippen LogP contribution in [-0.4, -0.2) is 23.5 Å². The number of alkyl halides is 3. The fraction of sp³-hybridized carbons (Fsp3) is 0.235. The van der Waals surface area contributed by atoms with Crippen LogP contribution < -0.4 is 5.32 Å². The first-order chi connectivity index (χ1) is 12.3. The number of aromatic nitrogens is 1. The molecule has 0 saturated carbocycles. The first-order valence-corrected chi connectivity index (χ1v) is 7.85. The zero-order valence-electron chi connectivity index (χ0n) is 13.3. The Morgan fingerprint density at radius 3 is 2.50 bits per heavy atom. The fourth-order valence-electron chi connectivity index (χ4n) is 1.96. The number of aryl methyl sites for hydroxylation is 1. The average molecular weight is 387 g/mol. The van der Waals surface area contributed by atoms with Crippen LogP contribution in [0.25, 0.3) is 0 Å². The summed E-state index contributed by atoms with van der Waals surface area (Å²) in [5, 5.41) is 1.82. The SMILES string of the molecule is O=C(COC(=O)CCc1ccccc1)Nc1ncc(C(F)(F)F)cc1Cl. The summed E-state index contributed by atoms with van der Waals surface area (Å²) in [5.74, 6) is -1.58. The standard InChI is InChI=1S/C17H14ClF3N2O3/c18-13-8-12(17(19,20)21)9-22-16(13)23-14(24)10-26-15(25)7-6-11-4-2-1-3-5-11/h1-5,8-9H,6-7,10H2,(H,22,23,24). The topological polar surface area (TPSA) is 68.3 Å². The van der Waals surface area contributed by atoms with Gasteiger partial charge in [0.25, 0.3) is 5.91 Å². The first-order valence-electron chi connectivity index (χ1n) is 7.48. The Labute approximate surface area is 152 Å². The van der Waals surface area contributed by atoms with Crippen LogP contribution >= 0.6 is 11.6 Å². The molecule has 0 fully saturated rings. The number of benzene rings is 1. The number of hydrogen-bond acceptors (Lipinski definition) is 4. The Bertz CT molecular complexity index is 783. The number of pyridine rings is 1. The molecule has 5 nitrogen and oxygen atoms in total. The normalized spacial score (nSPS) is 11.1. The lowest BCUT2D eigenvalue weighted by Gasteiger charge is -2.10. The number of carbonyl (C=O) groups excluding carboxylic acids is 2. The van der Waals surface area contributed by atoms with Gasteiger partial charge in [-0.05, 0) is 18.1 Å². The number of anilines is 1. The summed E-state index contributed by atoms with van der Waals surface area (Å²) in [6.07, 6.45) is -3.48. The summed E-state index contributed by atoms with van der Waals surface area (Å²) in [4.78, 5) is 26.8. The van der Waals surface area contributed by atoms with Crippen molar-refractivity contribution in [3.63, 3.8) is 0 Å². The lowest BCUT2D eigenvalue weighted by atomic mass is 10.1. The van der Waals surface area contributed by atoms with E-state index in [0.717, 1.165) is 5.56 Å². The predicted octanol–water partition coefficient (Wildman–Crippen LogP) is 3.87. The van der Waals surface area contributed by atoms with E-state index in [2.05, 4.69) is 10.3 Å². The summed E-state index contributed by atoms with van der Waals surface area (Å²) in [5.41, 5.74) is -0.0810. The maximum atomic E-state index is 12.5. The Hall–Kier alpha value is -2.61. The molecule has 9 heteroatoms. The Balaban J connectivity index is 1.80. The van der Waals surface area contributed by atoms with E-state index in [9.17, 15) is 22.8 Å². The molecule has 1 aromatic heterocycles. The van der Waals surface area contributed by atoms with Crippen LogP contribution in [0.5, 0.6) is 0 Å². The highest BCUT2D eigenvalue weighted by atomic mass is 35.5. The molecule has 0 aliphatic rings. The molecular weight excluding hydrogens is 373 g/mol. The van der Waals surface area contributed by atoms with Gasteiger partial charge in [-0.1, -0.05) is 41.9 Å². The number of carbonyl (C=O) groups is 2. The van der Waals surface area contributed by atoms with Crippen molar-refractivity contribution in [3.8, 4) is 0 Å². The van der Waals surface area contributed by atoms with Gasteiger partial charge >= 0.3 is 12.1 Å². The second kappa shape index (κ2) is 8.66. The summed E-state index contributed by atoms with van der Waals surface area (Å²) in [6, 6.07) is 9.91. The maximum absolute atomic E-state index is 12.5. The van der Waals surface area contributed by atoms with Gasteiger partial charge in [0.2, 0.25) is 0 Å². The number of rotatable bonds is 6. The molecule has 0 radical (unpaired) electrons. The van der Waals surface area contributed by atoms with Gasteiger partial charge in [-0.2, -0.15) is 13.2 Å². The van der Waals surface area contributed by atoms with E-state index in [1.807, 2.05) is 30.3 Å². The van der Waals surface area contributed by atoms with Crippen LogP contribution in [0, 0.1) is 0 Å². The van der Waals surface area contributed by atoms with Crippen molar-refractivity contribution in [2.24, 2.45) is 0 Å². The zero-order valence-corrected chi connectivity index (χ0v) is 14.1. The van der Waals surface area contributed by atoms with Gasteiger partial charge in [0.1, 0.15) is 0 Å². The monoisotopic (exact) mass is 386 g/mol. The highest BCUT2D eigenvalue weighted by Gasteiger charge is 2.31. The highest BCUT2D eigenvalue weighted by molar-refractivity contribution is 6.33. The minimum Gasteiger partial charge on any atom is -0.456 e. The Kier molecular flexibility index (Phi) is 6.57. The van der Waals surface area contributed by atoms with Gasteiger partial charge < -0.3 is 10.1 Å². The molecular formula is C17H14ClF3N2O3. The molecule has 2 aromatic rings. The summed E-state index contributed by atoms with van der Waals surface area (Å²) < 4.78 is 42.4. The van der Waals surface area contributed by atoms with Crippen molar-refractivity contribution in [2.75, 3.05) is 11.9 Å². The molecule has 0 spiro atoms. The molecule has 0 aliphatic carbocycles. The fourth-order valence-corrected chi connectivity index (χ4v) is 2.18. The van der Waals surface area contributed by atoms with E-state index in [1.165, 1.54) is 0 Å². The molecule has 1 aromatic carbocycles. The van der Waals surface area contributed by atoms with Crippen molar-refractivity contribution in [1.82, 2.24) is 4.98 Å². The van der Waals surface area contributed by atoms with Crippen LogP contribution in [0.3, 0.4) is 0 Å². The van der Waals surface area contributed by atoms with Crippen LogP contribution in [0.2, 0.25) is 5.02 Å². The van der Waals surface area contributed by atoms with Gasteiger partial charge in [0, 0.05) is 12.6 Å². The molecule has 0 aliphatic heterocycles. The number of amides is 1. The molecule has 26 heavy (non-hydrogen) atoms. The van der Waals surface area contributed by atoms with E-state index in [1.54, 1.807) is 0 Å². The number of ether oxygens (including phenoxy) is 1. The zero-order chi connectivity index (χ0) is 19.2. The molecule has 1 amide bonds. The number of nitrogens with zero attached hydrogens (tertiary/aromatic N) is 1.